The SMILES string of the molecule is CC(C)CC(CC(=O)N1CCc2ccccc2C1)C(=O)NC12CCCC1OCC2=O. The van der Waals surface area contributed by atoms with Gasteiger partial charge in [-0.2, -0.15) is 0 Å². The smallest absolute Gasteiger partial charge is 0.224 e. The number of carbonyl (C=O) groups is 3. The summed E-state index contributed by atoms with van der Waals surface area (Å²) in [5.74, 6) is -0.345. The second kappa shape index (κ2) is 8.50. The maximum atomic E-state index is 13.2. The number of benzene rings is 1. The van der Waals surface area contributed by atoms with Gasteiger partial charge in [-0.1, -0.05) is 38.1 Å². The Morgan fingerprint density at radius 1 is 1.27 bits per heavy atom. The summed E-state index contributed by atoms with van der Waals surface area (Å²) in [6.45, 7) is 5.48. The zero-order valence-corrected chi connectivity index (χ0v) is 18.0. The van der Waals surface area contributed by atoms with Gasteiger partial charge in [-0.25, -0.2) is 0 Å². The molecule has 0 bridgehead atoms. The average molecular weight is 413 g/mol. The van der Waals surface area contributed by atoms with Crippen molar-refractivity contribution in [1.82, 2.24) is 10.2 Å². The van der Waals surface area contributed by atoms with E-state index in [9.17, 15) is 14.4 Å². The van der Waals surface area contributed by atoms with Crippen LogP contribution < -0.4 is 5.32 Å². The van der Waals surface area contributed by atoms with Crippen LogP contribution in [0.2, 0.25) is 0 Å². The zero-order valence-electron chi connectivity index (χ0n) is 18.0. The largest absolute Gasteiger partial charge is 0.367 e. The standard InChI is InChI=1S/C24H32N2O4/c1-16(2)12-19(23(29)25-24-10-5-8-21(24)30-15-20(24)27)13-22(28)26-11-9-17-6-3-4-7-18(17)14-26/h3-4,6-7,16,19,21H,5,8-15H2,1-2H3,(H,25,29). The number of carbonyl (C=O) groups excluding carboxylic acids is 3. The number of ketones is 1. The van der Waals surface area contributed by atoms with E-state index in [0.717, 1.165) is 19.3 Å². The highest BCUT2D eigenvalue weighted by atomic mass is 16.5. The van der Waals surface area contributed by atoms with Gasteiger partial charge in [0.2, 0.25) is 11.8 Å². The molecule has 30 heavy (non-hydrogen) atoms. The number of hydrogen-bond acceptors (Lipinski definition) is 4. The molecule has 0 radical (unpaired) electrons. The predicted octanol–water partition coefficient (Wildman–Crippen LogP) is 2.63. The Morgan fingerprint density at radius 3 is 2.80 bits per heavy atom. The van der Waals surface area contributed by atoms with E-state index in [4.69, 9.17) is 4.74 Å². The third-order valence-electron chi connectivity index (χ3n) is 6.88. The molecule has 1 aliphatic carbocycles. The summed E-state index contributed by atoms with van der Waals surface area (Å²) in [5.41, 5.74) is 1.60. The molecule has 6 heteroatoms. The highest BCUT2D eigenvalue weighted by Crippen LogP contribution is 2.38. The van der Waals surface area contributed by atoms with Gasteiger partial charge >= 0.3 is 0 Å². The van der Waals surface area contributed by atoms with Crippen molar-refractivity contribution in [3.05, 3.63) is 35.4 Å². The van der Waals surface area contributed by atoms with Crippen LogP contribution in [0.15, 0.2) is 24.3 Å². The van der Waals surface area contributed by atoms with Crippen molar-refractivity contribution in [3.63, 3.8) is 0 Å². The molecule has 3 aliphatic rings. The molecule has 0 aromatic heterocycles. The quantitative estimate of drug-likeness (QED) is 0.779. The molecule has 162 valence electrons. The van der Waals surface area contributed by atoms with Crippen LogP contribution in [0.1, 0.15) is 57.1 Å². The molecule has 1 saturated heterocycles. The number of amides is 2. The first-order valence-corrected chi connectivity index (χ1v) is 11.2. The number of fused-ring (bicyclic) bond motifs is 2. The van der Waals surface area contributed by atoms with Crippen LogP contribution in [0.3, 0.4) is 0 Å². The van der Waals surface area contributed by atoms with E-state index in [2.05, 4.69) is 31.3 Å². The van der Waals surface area contributed by atoms with Gasteiger partial charge in [0.15, 0.2) is 5.78 Å². The minimum atomic E-state index is -0.876. The number of hydrogen-bond donors (Lipinski definition) is 1. The number of nitrogens with one attached hydrogen (secondary N) is 1. The summed E-state index contributed by atoms with van der Waals surface area (Å²) in [6, 6.07) is 8.21. The monoisotopic (exact) mass is 412 g/mol. The van der Waals surface area contributed by atoms with E-state index in [1.807, 2.05) is 17.0 Å². The van der Waals surface area contributed by atoms with Gasteiger partial charge < -0.3 is 15.0 Å². The van der Waals surface area contributed by atoms with E-state index in [-0.39, 0.29) is 42.6 Å². The molecule has 3 atom stereocenters. The average Bonchev–Trinajstić information content (AvgIpc) is 3.26. The van der Waals surface area contributed by atoms with Gasteiger partial charge in [0.25, 0.3) is 0 Å². The van der Waals surface area contributed by atoms with Crippen LogP contribution in [-0.2, 0) is 32.1 Å². The van der Waals surface area contributed by atoms with Gasteiger partial charge in [0, 0.05) is 25.4 Å². The summed E-state index contributed by atoms with van der Waals surface area (Å²) >= 11 is 0. The summed E-state index contributed by atoms with van der Waals surface area (Å²) < 4.78 is 5.62. The normalized spacial score (nSPS) is 26.4. The zero-order chi connectivity index (χ0) is 21.3. The van der Waals surface area contributed by atoms with Gasteiger partial charge in [-0.05, 0) is 49.1 Å². The number of nitrogens with zero attached hydrogens (tertiary/aromatic N) is 1. The minimum Gasteiger partial charge on any atom is -0.367 e. The molecule has 1 saturated carbocycles. The Labute approximate surface area is 178 Å². The van der Waals surface area contributed by atoms with E-state index in [1.165, 1.54) is 11.1 Å². The van der Waals surface area contributed by atoms with Crippen LogP contribution in [-0.4, -0.2) is 47.3 Å². The summed E-state index contributed by atoms with van der Waals surface area (Å²) in [5, 5.41) is 3.05. The van der Waals surface area contributed by atoms with Crippen molar-refractivity contribution < 1.29 is 19.1 Å². The van der Waals surface area contributed by atoms with Crippen molar-refractivity contribution in [1.29, 1.82) is 0 Å². The van der Waals surface area contributed by atoms with Gasteiger partial charge in [-0.15, -0.1) is 0 Å². The molecule has 1 aromatic rings. The second-order valence-corrected chi connectivity index (χ2v) is 9.44. The fourth-order valence-corrected chi connectivity index (χ4v) is 5.26. The third kappa shape index (κ3) is 4.02. The van der Waals surface area contributed by atoms with Crippen molar-refractivity contribution in [2.24, 2.45) is 11.8 Å². The molecular formula is C24H32N2O4. The molecule has 1 N–H and O–H groups in total. The highest BCUT2D eigenvalue weighted by Gasteiger charge is 2.55. The molecule has 1 aromatic carbocycles. The lowest BCUT2D eigenvalue weighted by Gasteiger charge is -2.32. The fraction of sp³-hybridized carbons (Fsp3) is 0.625. The van der Waals surface area contributed by atoms with Crippen LogP contribution >= 0.6 is 0 Å². The van der Waals surface area contributed by atoms with Crippen molar-refractivity contribution >= 4 is 17.6 Å². The highest BCUT2D eigenvalue weighted by molar-refractivity contribution is 5.97. The van der Waals surface area contributed by atoms with Crippen LogP contribution in [0.4, 0.5) is 0 Å². The molecule has 3 unspecified atom stereocenters. The Hall–Kier alpha value is -2.21. The topological polar surface area (TPSA) is 75.7 Å². The predicted molar refractivity (Wildman–Crippen MR) is 113 cm³/mol. The molecule has 0 spiro atoms. The number of rotatable bonds is 6. The molecule has 6 nitrogen and oxygen atoms in total. The van der Waals surface area contributed by atoms with E-state index in [0.29, 0.717) is 25.9 Å². The van der Waals surface area contributed by atoms with E-state index in [1.54, 1.807) is 0 Å². The van der Waals surface area contributed by atoms with E-state index >= 15 is 0 Å². The first-order chi connectivity index (χ1) is 14.4. The summed E-state index contributed by atoms with van der Waals surface area (Å²) in [6.07, 6.45) is 3.74. The van der Waals surface area contributed by atoms with Crippen LogP contribution in [0.25, 0.3) is 0 Å². The maximum Gasteiger partial charge on any atom is 0.224 e. The van der Waals surface area contributed by atoms with Crippen LogP contribution in [0.5, 0.6) is 0 Å². The summed E-state index contributed by atoms with van der Waals surface area (Å²) in [4.78, 5) is 40.7. The van der Waals surface area contributed by atoms with Crippen molar-refractivity contribution in [2.75, 3.05) is 13.2 Å². The van der Waals surface area contributed by atoms with Gasteiger partial charge in [-0.3, -0.25) is 14.4 Å². The second-order valence-electron chi connectivity index (χ2n) is 9.44. The Balaban J connectivity index is 1.44. The first kappa shape index (κ1) is 21.0. The number of ether oxygens (including phenoxy) is 1. The maximum absolute atomic E-state index is 13.2. The Kier molecular flexibility index (Phi) is 5.96. The summed E-state index contributed by atoms with van der Waals surface area (Å²) in [7, 11) is 0. The Morgan fingerprint density at radius 2 is 2.03 bits per heavy atom. The van der Waals surface area contributed by atoms with E-state index < -0.39 is 11.5 Å². The minimum absolute atomic E-state index is 0.0137. The molecule has 4 rings (SSSR count). The lowest BCUT2D eigenvalue weighted by Crippen LogP contribution is -2.57. The van der Waals surface area contributed by atoms with Gasteiger partial charge in [0.05, 0.1) is 6.10 Å². The molecule has 2 amide bonds. The van der Waals surface area contributed by atoms with Crippen molar-refractivity contribution in [3.8, 4) is 0 Å². The Bertz CT molecular complexity index is 836. The lowest BCUT2D eigenvalue weighted by atomic mass is 9.88. The molecule has 2 fully saturated rings. The van der Waals surface area contributed by atoms with Crippen molar-refractivity contribution in [2.45, 2.75) is 70.6 Å². The van der Waals surface area contributed by atoms with Gasteiger partial charge in [0.1, 0.15) is 12.1 Å². The molecular weight excluding hydrogens is 380 g/mol. The molecule has 2 heterocycles. The fourth-order valence-electron chi connectivity index (χ4n) is 5.26. The number of Topliss-reactive ketones (excluding diaryl/α,β-unsaturated/α-hetero) is 1. The third-order valence-corrected chi connectivity index (χ3v) is 6.88. The first-order valence-electron chi connectivity index (χ1n) is 11.2. The molecule has 2 aliphatic heterocycles. The lowest BCUT2D eigenvalue weighted by molar-refractivity contribution is -0.139. The van der Waals surface area contributed by atoms with Crippen LogP contribution in [0, 0.1) is 11.8 Å².